The zero-order valence-electron chi connectivity index (χ0n) is 7.50. The van der Waals surface area contributed by atoms with E-state index in [1.165, 1.54) is 0 Å². The molecule has 0 aliphatic carbocycles. The first-order chi connectivity index (χ1) is 6.19. The third kappa shape index (κ3) is 1.97. The Morgan fingerprint density at radius 2 is 2.23 bits per heavy atom. The van der Waals surface area contributed by atoms with Crippen molar-refractivity contribution in [3.8, 4) is 5.75 Å². The molecule has 13 heavy (non-hydrogen) atoms. The van der Waals surface area contributed by atoms with Crippen LogP contribution in [0.3, 0.4) is 0 Å². The first-order valence-corrected chi connectivity index (χ1v) is 3.78. The van der Waals surface area contributed by atoms with Crippen molar-refractivity contribution < 1.29 is 14.7 Å². The van der Waals surface area contributed by atoms with Gasteiger partial charge in [0.25, 0.3) is 5.91 Å². The second-order valence-corrected chi connectivity index (χ2v) is 2.63. The third-order valence-electron chi connectivity index (χ3n) is 1.76. The smallest absolute Gasteiger partial charge is 0.274 e. The van der Waals surface area contributed by atoms with E-state index in [0.29, 0.717) is 5.56 Å². The second-order valence-electron chi connectivity index (χ2n) is 2.63. The molecule has 0 aliphatic rings. The number of hydrogen-bond acceptors (Lipinski definition) is 3. The fraction of sp³-hybridized carbons (Fsp3) is 0.222. The van der Waals surface area contributed by atoms with E-state index in [1.54, 1.807) is 30.8 Å². The normalized spacial score (nSPS) is 9.46. The lowest BCUT2D eigenvalue weighted by molar-refractivity contribution is 0.0706. The summed E-state index contributed by atoms with van der Waals surface area (Å²) in [5, 5.41) is 8.37. The summed E-state index contributed by atoms with van der Waals surface area (Å²) in [7, 11) is 1.56. The summed E-state index contributed by atoms with van der Waals surface area (Å²) in [5.41, 5.74) is 2.82. The van der Waals surface area contributed by atoms with Gasteiger partial charge in [-0.25, -0.2) is 5.48 Å². The zero-order chi connectivity index (χ0) is 9.84. The van der Waals surface area contributed by atoms with Gasteiger partial charge in [0.05, 0.1) is 7.11 Å². The molecule has 0 saturated heterocycles. The topological polar surface area (TPSA) is 58.6 Å². The van der Waals surface area contributed by atoms with Crippen LogP contribution in [0.2, 0.25) is 0 Å². The van der Waals surface area contributed by atoms with Gasteiger partial charge in [-0.1, -0.05) is 0 Å². The molecular weight excluding hydrogens is 170 g/mol. The van der Waals surface area contributed by atoms with Crippen LogP contribution in [0, 0.1) is 6.92 Å². The van der Waals surface area contributed by atoms with E-state index in [0.717, 1.165) is 11.3 Å². The monoisotopic (exact) mass is 181 g/mol. The number of methoxy groups -OCH3 is 1. The summed E-state index contributed by atoms with van der Waals surface area (Å²) >= 11 is 0. The minimum atomic E-state index is -0.522. The Bertz CT molecular complexity index is 323. The number of rotatable bonds is 2. The molecule has 0 unspecified atom stereocenters. The van der Waals surface area contributed by atoms with Crippen molar-refractivity contribution in [2.75, 3.05) is 7.11 Å². The van der Waals surface area contributed by atoms with E-state index in [9.17, 15) is 4.79 Å². The van der Waals surface area contributed by atoms with Crippen LogP contribution in [0.15, 0.2) is 18.2 Å². The molecule has 0 radical (unpaired) electrons. The Morgan fingerprint density at radius 1 is 1.54 bits per heavy atom. The highest BCUT2D eigenvalue weighted by Crippen LogP contribution is 2.18. The molecule has 0 saturated carbocycles. The summed E-state index contributed by atoms with van der Waals surface area (Å²) < 4.78 is 5.02. The van der Waals surface area contributed by atoms with Gasteiger partial charge in [0.2, 0.25) is 0 Å². The highest BCUT2D eigenvalue weighted by Gasteiger charge is 2.05. The second kappa shape index (κ2) is 3.91. The summed E-state index contributed by atoms with van der Waals surface area (Å²) in [4.78, 5) is 11.0. The van der Waals surface area contributed by atoms with Crippen molar-refractivity contribution in [3.05, 3.63) is 29.3 Å². The van der Waals surface area contributed by atoms with Crippen LogP contribution in [0.4, 0.5) is 0 Å². The minimum absolute atomic E-state index is 0.404. The van der Waals surface area contributed by atoms with Gasteiger partial charge in [-0.15, -0.1) is 0 Å². The fourth-order valence-electron chi connectivity index (χ4n) is 1.08. The molecule has 2 N–H and O–H groups in total. The first kappa shape index (κ1) is 9.54. The van der Waals surface area contributed by atoms with Crippen molar-refractivity contribution >= 4 is 5.91 Å². The van der Waals surface area contributed by atoms with Gasteiger partial charge in [-0.05, 0) is 30.7 Å². The molecule has 1 aromatic carbocycles. The van der Waals surface area contributed by atoms with Gasteiger partial charge >= 0.3 is 0 Å². The van der Waals surface area contributed by atoms with Crippen LogP contribution in [0.1, 0.15) is 15.9 Å². The molecule has 0 aliphatic heterocycles. The molecule has 0 bridgehead atoms. The molecule has 0 spiro atoms. The molecular formula is C9H11NO3. The Labute approximate surface area is 76.1 Å². The minimum Gasteiger partial charge on any atom is -0.496 e. The number of ether oxygens (including phenoxy) is 1. The van der Waals surface area contributed by atoms with Gasteiger partial charge in [-0.2, -0.15) is 0 Å². The van der Waals surface area contributed by atoms with E-state index < -0.39 is 5.91 Å². The molecule has 1 aromatic rings. The molecule has 4 heteroatoms. The van der Waals surface area contributed by atoms with Crippen molar-refractivity contribution in [3.63, 3.8) is 0 Å². The maximum absolute atomic E-state index is 11.0. The molecule has 4 nitrogen and oxygen atoms in total. The molecule has 0 fully saturated rings. The molecule has 70 valence electrons. The highest BCUT2D eigenvalue weighted by atomic mass is 16.5. The molecule has 1 amide bonds. The largest absolute Gasteiger partial charge is 0.496 e. The van der Waals surface area contributed by atoms with Gasteiger partial charge in [0, 0.05) is 5.56 Å². The maximum atomic E-state index is 11.0. The summed E-state index contributed by atoms with van der Waals surface area (Å²) in [6.07, 6.45) is 0. The third-order valence-corrected chi connectivity index (χ3v) is 1.76. The van der Waals surface area contributed by atoms with E-state index in [-0.39, 0.29) is 0 Å². The molecule has 1 rings (SSSR count). The number of carbonyl (C=O) groups is 1. The number of hydrogen-bond donors (Lipinski definition) is 2. The highest BCUT2D eigenvalue weighted by molar-refractivity contribution is 5.93. The lowest BCUT2D eigenvalue weighted by Gasteiger charge is -2.05. The maximum Gasteiger partial charge on any atom is 0.274 e. The van der Waals surface area contributed by atoms with Crippen LogP contribution in [-0.4, -0.2) is 18.2 Å². The van der Waals surface area contributed by atoms with Crippen LogP contribution in [0.5, 0.6) is 5.75 Å². The van der Waals surface area contributed by atoms with Gasteiger partial charge < -0.3 is 4.74 Å². The first-order valence-electron chi connectivity index (χ1n) is 3.78. The summed E-state index contributed by atoms with van der Waals surface area (Å²) in [6, 6.07) is 4.90. The Hall–Kier alpha value is -1.55. The van der Waals surface area contributed by atoms with Crippen molar-refractivity contribution in [2.45, 2.75) is 6.92 Å². The van der Waals surface area contributed by atoms with Crippen LogP contribution in [0.25, 0.3) is 0 Å². The predicted molar refractivity (Wildman–Crippen MR) is 47.0 cm³/mol. The number of hydroxylamine groups is 1. The van der Waals surface area contributed by atoms with E-state index in [2.05, 4.69) is 0 Å². The van der Waals surface area contributed by atoms with Gasteiger partial charge in [0.1, 0.15) is 5.75 Å². The molecule has 0 atom stereocenters. The van der Waals surface area contributed by atoms with E-state index in [4.69, 9.17) is 9.94 Å². The Balaban J connectivity index is 3.02. The number of nitrogens with one attached hydrogen (secondary N) is 1. The number of aryl methyl sites for hydroxylation is 1. The number of benzene rings is 1. The zero-order valence-corrected chi connectivity index (χ0v) is 7.50. The fourth-order valence-corrected chi connectivity index (χ4v) is 1.08. The van der Waals surface area contributed by atoms with E-state index >= 15 is 0 Å². The van der Waals surface area contributed by atoms with Crippen molar-refractivity contribution in [2.24, 2.45) is 0 Å². The Morgan fingerprint density at radius 3 is 2.69 bits per heavy atom. The predicted octanol–water partition coefficient (Wildman–Crippen LogP) is 1.12. The number of carbonyl (C=O) groups excluding carboxylic acids is 1. The average Bonchev–Trinajstić information content (AvgIpc) is 2.16. The number of amides is 1. The van der Waals surface area contributed by atoms with Gasteiger partial charge in [0.15, 0.2) is 0 Å². The molecule has 0 aromatic heterocycles. The van der Waals surface area contributed by atoms with Crippen molar-refractivity contribution in [1.29, 1.82) is 0 Å². The summed E-state index contributed by atoms with van der Waals surface area (Å²) in [5.74, 6) is 0.195. The average molecular weight is 181 g/mol. The van der Waals surface area contributed by atoms with E-state index in [1.807, 2.05) is 6.92 Å². The summed E-state index contributed by atoms with van der Waals surface area (Å²) in [6.45, 7) is 1.83. The Kier molecular flexibility index (Phi) is 2.87. The van der Waals surface area contributed by atoms with Crippen LogP contribution >= 0.6 is 0 Å². The van der Waals surface area contributed by atoms with Crippen molar-refractivity contribution in [1.82, 2.24) is 5.48 Å². The van der Waals surface area contributed by atoms with Gasteiger partial charge in [-0.3, -0.25) is 10.0 Å². The SMILES string of the molecule is COc1ccc(C(=O)NO)cc1C. The molecule has 0 heterocycles. The van der Waals surface area contributed by atoms with Crippen LogP contribution < -0.4 is 10.2 Å². The lowest BCUT2D eigenvalue weighted by Crippen LogP contribution is -2.18. The van der Waals surface area contributed by atoms with Crippen LogP contribution in [-0.2, 0) is 0 Å². The quantitative estimate of drug-likeness (QED) is 0.531. The standard InChI is InChI=1S/C9H11NO3/c1-6-5-7(9(11)10-12)3-4-8(6)13-2/h3-5,12H,1-2H3,(H,10,11). The lowest BCUT2D eigenvalue weighted by atomic mass is 10.1.